The first kappa shape index (κ1) is 18.6. The molecular formula is C20H22N4O3. The highest BCUT2D eigenvalue weighted by atomic mass is 16.5. The molecule has 3 rings (SSSR count). The van der Waals surface area contributed by atoms with Crippen molar-refractivity contribution in [2.45, 2.75) is 34.1 Å². The normalized spacial score (nSPS) is 10.7. The van der Waals surface area contributed by atoms with Gasteiger partial charge in [-0.05, 0) is 58.0 Å². The Morgan fingerprint density at radius 2 is 1.59 bits per heavy atom. The molecule has 7 heteroatoms. The van der Waals surface area contributed by atoms with Crippen molar-refractivity contribution in [3.63, 3.8) is 0 Å². The summed E-state index contributed by atoms with van der Waals surface area (Å²) in [5, 5.41) is 4.51. The van der Waals surface area contributed by atoms with Gasteiger partial charge < -0.3 is 9.47 Å². The lowest BCUT2D eigenvalue weighted by Gasteiger charge is -2.07. The van der Waals surface area contributed by atoms with E-state index in [9.17, 15) is 4.79 Å². The quantitative estimate of drug-likeness (QED) is 0.510. The number of hydrogen-bond donors (Lipinski definition) is 0. The van der Waals surface area contributed by atoms with Crippen LogP contribution < -0.4 is 9.47 Å². The minimum atomic E-state index is -0.354. The third-order valence-electron chi connectivity index (χ3n) is 4.21. The van der Waals surface area contributed by atoms with E-state index in [0.29, 0.717) is 17.4 Å². The van der Waals surface area contributed by atoms with Crippen molar-refractivity contribution < 1.29 is 14.3 Å². The zero-order valence-electron chi connectivity index (χ0n) is 16.1. The molecule has 140 valence electrons. The molecule has 0 fully saturated rings. The van der Waals surface area contributed by atoms with Crippen LogP contribution in [0.3, 0.4) is 0 Å². The van der Waals surface area contributed by atoms with Gasteiger partial charge in [0.25, 0.3) is 5.95 Å². The highest BCUT2D eigenvalue weighted by Crippen LogP contribution is 2.20. The molecule has 1 aromatic carbocycles. The van der Waals surface area contributed by atoms with Gasteiger partial charge in [0.15, 0.2) is 0 Å². The first-order valence-corrected chi connectivity index (χ1v) is 8.60. The second-order valence-electron chi connectivity index (χ2n) is 6.34. The summed E-state index contributed by atoms with van der Waals surface area (Å²) in [6, 6.07) is 8.79. The van der Waals surface area contributed by atoms with E-state index in [1.807, 2.05) is 33.8 Å². The van der Waals surface area contributed by atoms with Crippen molar-refractivity contribution in [1.82, 2.24) is 19.7 Å². The summed E-state index contributed by atoms with van der Waals surface area (Å²) in [7, 11) is 1.59. The first-order chi connectivity index (χ1) is 12.9. The molecule has 0 saturated heterocycles. The fourth-order valence-electron chi connectivity index (χ4n) is 2.88. The predicted octanol–water partition coefficient (Wildman–Crippen LogP) is 3.05. The minimum Gasteiger partial charge on any atom is -0.497 e. The summed E-state index contributed by atoms with van der Waals surface area (Å²) in [5.41, 5.74) is 4.12. The second-order valence-corrected chi connectivity index (χ2v) is 6.34. The number of nitrogens with zero attached hydrogens (tertiary/aromatic N) is 4. The van der Waals surface area contributed by atoms with Gasteiger partial charge in [0.2, 0.25) is 0 Å². The van der Waals surface area contributed by atoms with Gasteiger partial charge in [-0.25, -0.2) is 14.6 Å². The maximum Gasteiger partial charge on any atom is 0.315 e. The van der Waals surface area contributed by atoms with Crippen molar-refractivity contribution in [2.75, 3.05) is 7.11 Å². The molecule has 0 aliphatic rings. The summed E-state index contributed by atoms with van der Waals surface area (Å²) in [6.45, 7) is 7.59. The third kappa shape index (κ3) is 4.13. The number of rotatable bonds is 5. The molecule has 0 aliphatic carbocycles. The Hall–Kier alpha value is -3.22. The van der Waals surface area contributed by atoms with E-state index in [1.54, 1.807) is 36.1 Å². The monoisotopic (exact) mass is 366 g/mol. The Labute approximate surface area is 158 Å². The molecule has 2 heterocycles. The van der Waals surface area contributed by atoms with E-state index in [-0.39, 0.29) is 12.4 Å². The van der Waals surface area contributed by atoms with Gasteiger partial charge in [-0.2, -0.15) is 5.10 Å². The first-order valence-electron chi connectivity index (χ1n) is 8.60. The molecule has 2 aromatic heterocycles. The summed E-state index contributed by atoms with van der Waals surface area (Å²) >= 11 is 0. The van der Waals surface area contributed by atoms with Crippen molar-refractivity contribution in [3.05, 3.63) is 58.7 Å². The minimum absolute atomic E-state index is 0.120. The van der Waals surface area contributed by atoms with E-state index in [1.165, 1.54) is 0 Å². The van der Waals surface area contributed by atoms with E-state index >= 15 is 0 Å². The fourth-order valence-corrected chi connectivity index (χ4v) is 2.88. The Bertz CT molecular complexity index is 957. The van der Waals surface area contributed by atoms with Crippen LogP contribution in [0.1, 0.15) is 28.3 Å². The predicted molar refractivity (Wildman–Crippen MR) is 100 cm³/mol. The Morgan fingerprint density at radius 1 is 1.00 bits per heavy atom. The Kier molecular flexibility index (Phi) is 5.21. The smallest absolute Gasteiger partial charge is 0.315 e. The Balaban J connectivity index is 1.80. The van der Waals surface area contributed by atoms with Gasteiger partial charge in [-0.1, -0.05) is 0 Å². The van der Waals surface area contributed by atoms with Gasteiger partial charge >= 0.3 is 5.97 Å². The van der Waals surface area contributed by atoms with Gasteiger partial charge in [0.05, 0.1) is 19.2 Å². The maximum absolute atomic E-state index is 12.4. The van der Waals surface area contributed by atoms with Crippen LogP contribution in [0.2, 0.25) is 0 Å². The lowest BCUT2D eigenvalue weighted by atomic mass is 10.1. The average Bonchev–Trinajstić information content (AvgIpc) is 2.90. The molecule has 0 bridgehead atoms. The zero-order chi connectivity index (χ0) is 19.6. The van der Waals surface area contributed by atoms with Gasteiger partial charge in [0, 0.05) is 22.6 Å². The lowest BCUT2D eigenvalue weighted by Crippen LogP contribution is -2.13. The van der Waals surface area contributed by atoms with Crippen LogP contribution in [0.15, 0.2) is 30.3 Å². The van der Waals surface area contributed by atoms with Crippen LogP contribution in [0.5, 0.6) is 11.5 Å². The zero-order valence-corrected chi connectivity index (χ0v) is 16.1. The standard InChI is InChI=1S/C20H22N4O3/c1-12-10-13(2)22-20(21-12)24-15(4)18(14(3)23-24)11-19(25)27-17-8-6-16(26-5)7-9-17/h6-10H,11H2,1-5H3. The molecule has 27 heavy (non-hydrogen) atoms. The number of aromatic nitrogens is 4. The highest BCUT2D eigenvalue weighted by Gasteiger charge is 2.18. The molecule has 0 atom stereocenters. The molecular weight excluding hydrogens is 344 g/mol. The third-order valence-corrected chi connectivity index (χ3v) is 4.21. The highest BCUT2D eigenvalue weighted by molar-refractivity contribution is 5.75. The van der Waals surface area contributed by atoms with Gasteiger partial charge in [0.1, 0.15) is 11.5 Å². The van der Waals surface area contributed by atoms with E-state index in [4.69, 9.17) is 9.47 Å². The summed E-state index contributed by atoms with van der Waals surface area (Å²) < 4.78 is 12.2. The van der Waals surface area contributed by atoms with Crippen LogP contribution in [-0.4, -0.2) is 32.8 Å². The summed E-state index contributed by atoms with van der Waals surface area (Å²) in [5.74, 6) is 1.33. The molecule has 7 nitrogen and oxygen atoms in total. The number of ether oxygens (including phenoxy) is 2. The van der Waals surface area contributed by atoms with E-state index < -0.39 is 0 Å². The van der Waals surface area contributed by atoms with Crippen molar-refractivity contribution in [3.8, 4) is 17.4 Å². The number of carbonyl (C=O) groups excluding carboxylic acids is 1. The SMILES string of the molecule is COc1ccc(OC(=O)Cc2c(C)nn(-c3nc(C)cc(C)n3)c2C)cc1. The molecule has 0 saturated carbocycles. The van der Waals surface area contributed by atoms with E-state index in [0.717, 1.165) is 28.3 Å². The van der Waals surface area contributed by atoms with E-state index in [2.05, 4.69) is 15.1 Å². The molecule has 0 N–H and O–H groups in total. The molecule has 0 spiro atoms. The topological polar surface area (TPSA) is 79.1 Å². The van der Waals surface area contributed by atoms with Crippen LogP contribution >= 0.6 is 0 Å². The number of benzene rings is 1. The van der Waals surface area contributed by atoms with Gasteiger partial charge in [-0.3, -0.25) is 4.79 Å². The number of hydrogen-bond acceptors (Lipinski definition) is 6. The van der Waals surface area contributed by atoms with Crippen LogP contribution in [0.25, 0.3) is 5.95 Å². The van der Waals surface area contributed by atoms with Crippen molar-refractivity contribution in [2.24, 2.45) is 0 Å². The van der Waals surface area contributed by atoms with Crippen molar-refractivity contribution in [1.29, 1.82) is 0 Å². The summed E-state index contributed by atoms with van der Waals surface area (Å²) in [6.07, 6.45) is 0.120. The van der Waals surface area contributed by atoms with Crippen LogP contribution in [-0.2, 0) is 11.2 Å². The van der Waals surface area contributed by atoms with Crippen molar-refractivity contribution >= 4 is 5.97 Å². The largest absolute Gasteiger partial charge is 0.497 e. The molecule has 0 amide bonds. The Morgan fingerprint density at radius 3 is 2.19 bits per heavy atom. The number of esters is 1. The second kappa shape index (κ2) is 7.57. The fraction of sp³-hybridized carbons (Fsp3) is 0.300. The van der Waals surface area contributed by atoms with Crippen LogP contribution in [0, 0.1) is 27.7 Å². The lowest BCUT2D eigenvalue weighted by molar-refractivity contribution is -0.133. The molecule has 0 aliphatic heterocycles. The number of methoxy groups -OCH3 is 1. The van der Waals surface area contributed by atoms with Crippen LogP contribution in [0.4, 0.5) is 0 Å². The maximum atomic E-state index is 12.4. The molecule has 0 unspecified atom stereocenters. The molecule has 0 radical (unpaired) electrons. The number of carbonyl (C=O) groups is 1. The summed E-state index contributed by atoms with van der Waals surface area (Å²) in [4.78, 5) is 21.3. The average molecular weight is 366 g/mol. The number of aryl methyl sites for hydroxylation is 3. The molecule has 3 aromatic rings. The van der Waals surface area contributed by atoms with Gasteiger partial charge in [-0.15, -0.1) is 0 Å².